The largest absolute Gasteiger partial charge is 0.573 e. The lowest BCUT2D eigenvalue weighted by Gasteiger charge is -2.23. The van der Waals surface area contributed by atoms with E-state index < -0.39 is 29.9 Å². The molecule has 3 rings (SSSR count). The van der Waals surface area contributed by atoms with Crippen LogP contribution in [0.5, 0.6) is 23.0 Å². The number of alkyl halides is 3. The van der Waals surface area contributed by atoms with Crippen molar-refractivity contribution in [1.82, 2.24) is 10.6 Å². The normalized spacial score (nSPS) is 16.3. The second-order valence-electron chi connectivity index (χ2n) is 6.62. The minimum Gasteiger partial charge on any atom is -0.493 e. The van der Waals surface area contributed by atoms with E-state index in [2.05, 4.69) is 15.4 Å². The van der Waals surface area contributed by atoms with Gasteiger partial charge in [0.05, 0.1) is 12.7 Å². The van der Waals surface area contributed by atoms with Crippen molar-refractivity contribution in [1.29, 1.82) is 0 Å². The summed E-state index contributed by atoms with van der Waals surface area (Å²) < 4.78 is 65.9. The summed E-state index contributed by atoms with van der Waals surface area (Å²) in [5, 5.41) is 5.23. The van der Waals surface area contributed by atoms with Crippen molar-refractivity contribution >= 4 is 11.8 Å². The van der Waals surface area contributed by atoms with E-state index in [4.69, 9.17) is 9.47 Å². The fourth-order valence-electron chi connectivity index (χ4n) is 2.99. The van der Waals surface area contributed by atoms with Crippen LogP contribution in [0.1, 0.15) is 23.2 Å². The molecule has 166 valence electrons. The van der Waals surface area contributed by atoms with Crippen LogP contribution in [0.3, 0.4) is 0 Å². The summed E-state index contributed by atoms with van der Waals surface area (Å²) in [5.41, 5.74) is -0.265. The third kappa shape index (κ3) is 6.00. The van der Waals surface area contributed by atoms with Crippen molar-refractivity contribution in [3.8, 4) is 23.0 Å². The first-order valence-electron chi connectivity index (χ1n) is 9.13. The van der Waals surface area contributed by atoms with Gasteiger partial charge in [0.15, 0.2) is 11.5 Å². The maximum absolute atomic E-state index is 13.4. The SMILES string of the molecule is COc1cc(F)ccc1Oc1ccc(OC(F)(F)F)cc1C(=O)NC1CCNC(=O)C1. The van der Waals surface area contributed by atoms with Crippen LogP contribution in [0.25, 0.3) is 0 Å². The molecule has 1 aliphatic heterocycles. The number of halogens is 4. The van der Waals surface area contributed by atoms with Crippen LogP contribution in [-0.4, -0.2) is 37.9 Å². The Morgan fingerprint density at radius 3 is 2.55 bits per heavy atom. The Kier molecular flexibility index (Phi) is 6.52. The maximum atomic E-state index is 13.4. The van der Waals surface area contributed by atoms with Crippen LogP contribution >= 0.6 is 0 Å². The van der Waals surface area contributed by atoms with Crippen molar-refractivity contribution in [3.05, 3.63) is 47.8 Å². The topological polar surface area (TPSA) is 85.9 Å². The summed E-state index contributed by atoms with van der Waals surface area (Å²) in [7, 11) is 1.28. The van der Waals surface area contributed by atoms with Crippen molar-refractivity contribution in [2.45, 2.75) is 25.2 Å². The van der Waals surface area contributed by atoms with Gasteiger partial charge in [0.25, 0.3) is 5.91 Å². The zero-order valence-electron chi connectivity index (χ0n) is 16.2. The highest BCUT2D eigenvalue weighted by atomic mass is 19.4. The summed E-state index contributed by atoms with van der Waals surface area (Å²) >= 11 is 0. The Hall–Kier alpha value is -3.50. The molecule has 1 atom stereocenters. The monoisotopic (exact) mass is 442 g/mol. The molecule has 0 spiro atoms. The second-order valence-corrected chi connectivity index (χ2v) is 6.62. The Labute approximate surface area is 174 Å². The number of methoxy groups -OCH3 is 1. The van der Waals surface area contributed by atoms with Crippen LogP contribution in [0.4, 0.5) is 17.6 Å². The Bertz CT molecular complexity index is 981. The molecular formula is C20H18F4N2O5. The molecule has 1 fully saturated rings. The molecule has 2 N–H and O–H groups in total. The first-order chi connectivity index (χ1) is 14.6. The number of amides is 2. The van der Waals surface area contributed by atoms with E-state index in [1.54, 1.807) is 0 Å². The molecular weight excluding hydrogens is 424 g/mol. The molecule has 2 aromatic rings. The highest BCUT2D eigenvalue weighted by Crippen LogP contribution is 2.36. The lowest BCUT2D eigenvalue weighted by molar-refractivity contribution is -0.274. The number of benzene rings is 2. The van der Waals surface area contributed by atoms with E-state index in [0.29, 0.717) is 13.0 Å². The molecule has 0 radical (unpaired) electrons. The molecule has 1 unspecified atom stereocenters. The molecule has 2 amide bonds. The molecule has 11 heteroatoms. The minimum absolute atomic E-state index is 0.0194. The van der Waals surface area contributed by atoms with Gasteiger partial charge < -0.3 is 24.8 Å². The van der Waals surface area contributed by atoms with E-state index in [1.807, 2.05) is 0 Å². The first kappa shape index (κ1) is 22.2. The van der Waals surface area contributed by atoms with Crippen LogP contribution in [0.2, 0.25) is 0 Å². The Morgan fingerprint density at radius 2 is 1.87 bits per heavy atom. The van der Waals surface area contributed by atoms with Gasteiger partial charge in [-0.3, -0.25) is 9.59 Å². The molecule has 0 aromatic heterocycles. The van der Waals surface area contributed by atoms with Gasteiger partial charge in [-0.15, -0.1) is 13.2 Å². The number of hydrogen-bond donors (Lipinski definition) is 2. The third-order valence-electron chi connectivity index (χ3n) is 4.36. The van der Waals surface area contributed by atoms with Gasteiger partial charge in [0.1, 0.15) is 17.3 Å². The van der Waals surface area contributed by atoms with Gasteiger partial charge >= 0.3 is 6.36 Å². The molecule has 1 aliphatic rings. The lowest BCUT2D eigenvalue weighted by Crippen LogP contribution is -2.45. The first-order valence-corrected chi connectivity index (χ1v) is 9.13. The van der Waals surface area contributed by atoms with E-state index in [-0.39, 0.29) is 35.1 Å². The van der Waals surface area contributed by atoms with Gasteiger partial charge in [0, 0.05) is 25.1 Å². The van der Waals surface area contributed by atoms with Crippen molar-refractivity contribution in [2.75, 3.05) is 13.7 Å². The van der Waals surface area contributed by atoms with E-state index in [1.165, 1.54) is 13.2 Å². The highest BCUT2D eigenvalue weighted by Gasteiger charge is 2.32. The number of nitrogens with one attached hydrogen (secondary N) is 2. The second kappa shape index (κ2) is 9.11. The fourth-order valence-corrected chi connectivity index (χ4v) is 2.99. The smallest absolute Gasteiger partial charge is 0.493 e. The van der Waals surface area contributed by atoms with E-state index in [0.717, 1.165) is 30.3 Å². The van der Waals surface area contributed by atoms with Crippen LogP contribution in [0, 0.1) is 5.82 Å². The van der Waals surface area contributed by atoms with Gasteiger partial charge in [-0.2, -0.15) is 0 Å². The van der Waals surface area contributed by atoms with E-state index in [9.17, 15) is 27.2 Å². The summed E-state index contributed by atoms with van der Waals surface area (Å²) in [6.07, 6.45) is -4.47. The molecule has 0 saturated carbocycles. The number of carbonyl (C=O) groups is 2. The molecule has 7 nitrogen and oxygen atoms in total. The lowest BCUT2D eigenvalue weighted by atomic mass is 10.0. The zero-order chi connectivity index (χ0) is 22.6. The van der Waals surface area contributed by atoms with E-state index >= 15 is 0 Å². The van der Waals surface area contributed by atoms with Gasteiger partial charge in [-0.05, 0) is 36.8 Å². The van der Waals surface area contributed by atoms with Crippen LogP contribution < -0.4 is 24.8 Å². The number of hydrogen-bond acceptors (Lipinski definition) is 5. The number of carbonyl (C=O) groups excluding carboxylic acids is 2. The number of rotatable bonds is 6. The molecule has 0 bridgehead atoms. The molecule has 0 aliphatic carbocycles. The predicted molar refractivity (Wildman–Crippen MR) is 99.6 cm³/mol. The molecule has 31 heavy (non-hydrogen) atoms. The quantitative estimate of drug-likeness (QED) is 0.669. The molecule has 1 saturated heterocycles. The Morgan fingerprint density at radius 1 is 1.13 bits per heavy atom. The number of ether oxygens (including phenoxy) is 3. The summed E-state index contributed by atoms with van der Waals surface area (Å²) in [4.78, 5) is 24.3. The average molecular weight is 442 g/mol. The summed E-state index contributed by atoms with van der Waals surface area (Å²) in [6, 6.07) is 5.87. The molecule has 1 heterocycles. The zero-order valence-corrected chi connectivity index (χ0v) is 16.2. The summed E-state index contributed by atoms with van der Waals surface area (Å²) in [6.45, 7) is 0.358. The predicted octanol–water partition coefficient (Wildman–Crippen LogP) is 3.53. The van der Waals surface area contributed by atoms with Gasteiger partial charge in [-0.1, -0.05) is 0 Å². The van der Waals surface area contributed by atoms with Gasteiger partial charge in [0.2, 0.25) is 5.91 Å². The highest BCUT2D eigenvalue weighted by molar-refractivity contribution is 5.98. The standard InChI is InChI=1S/C20H18F4N2O5/c1-29-17-8-11(21)2-4-16(17)30-15-5-3-13(31-20(22,23)24)10-14(15)19(28)26-12-6-7-25-18(27)9-12/h2-5,8,10,12H,6-7,9H2,1H3,(H,25,27)(H,26,28). The van der Waals surface area contributed by atoms with Crippen LogP contribution in [-0.2, 0) is 4.79 Å². The molecule has 2 aromatic carbocycles. The summed E-state index contributed by atoms with van der Waals surface area (Å²) in [5.74, 6) is -2.28. The van der Waals surface area contributed by atoms with Gasteiger partial charge in [-0.25, -0.2) is 4.39 Å². The van der Waals surface area contributed by atoms with Crippen molar-refractivity contribution in [3.63, 3.8) is 0 Å². The number of piperidine rings is 1. The average Bonchev–Trinajstić information content (AvgIpc) is 2.69. The fraction of sp³-hybridized carbons (Fsp3) is 0.300. The third-order valence-corrected chi connectivity index (χ3v) is 4.36. The van der Waals surface area contributed by atoms with Crippen molar-refractivity contribution < 1.29 is 41.4 Å². The Balaban J connectivity index is 1.92. The minimum atomic E-state index is -4.96. The van der Waals surface area contributed by atoms with Crippen molar-refractivity contribution in [2.24, 2.45) is 0 Å². The van der Waals surface area contributed by atoms with Crippen LogP contribution in [0.15, 0.2) is 36.4 Å². The maximum Gasteiger partial charge on any atom is 0.573 e.